The van der Waals surface area contributed by atoms with E-state index >= 15 is 0 Å². The molecule has 2 atom stereocenters. The number of nitrogens with one attached hydrogen (secondary N) is 2. The lowest BCUT2D eigenvalue weighted by Crippen LogP contribution is -3.15. The molecule has 1 aliphatic heterocycles. The molecule has 3 nitrogen and oxygen atoms in total. The predicted octanol–water partition coefficient (Wildman–Crippen LogP) is 3.34. The van der Waals surface area contributed by atoms with Crippen LogP contribution in [0.25, 0.3) is 21.7 Å². The van der Waals surface area contributed by atoms with Crippen LogP contribution >= 0.6 is 0 Å². The first-order chi connectivity index (χ1) is 12.2. The molecule has 0 radical (unpaired) electrons. The Morgan fingerprint density at radius 2 is 1.96 bits per heavy atom. The van der Waals surface area contributed by atoms with Crippen LogP contribution in [0.4, 0.5) is 0 Å². The molecule has 130 valence electrons. The highest BCUT2D eigenvalue weighted by Crippen LogP contribution is 2.22. The van der Waals surface area contributed by atoms with E-state index in [1.807, 2.05) is 18.2 Å². The van der Waals surface area contributed by atoms with Crippen LogP contribution in [0.1, 0.15) is 43.9 Å². The first-order valence-corrected chi connectivity index (χ1v) is 9.57. The summed E-state index contributed by atoms with van der Waals surface area (Å²) in [5.74, 6) is 0. The maximum atomic E-state index is 13.2. The summed E-state index contributed by atoms with van der Waals surface area (Å²) in [5, 5.41) is 3.12. The molecule has 25 heavy (non-hydrogen) atoms. The fourth-order valence-corrected chi connectivity index (χ4v) is 4.51. The first-order valence-electron chi connectivity index (χ1n) is 9.57. The molecule has 0 aliphatic carbocycles. The molecule has 3 heteroatoms. The molecule has 4 rings (SSSR count). The van der Waals surface area contributed by atoms with Gasteiger partial charge in [0.1, 0.15) is 6.54 Å². The number of benzene rings is 2. The number of likely N-dealkylation sites (tertiary alicyclic amines) is 1. The molecule has 0 amide bonds. The van der Waals surface area contributed by atoms with E-state index in [9.17, 15) is 4.79 Å². The van der Waals surface area contributed by atoms with Crippen molar-refractivity contribution in [2.24, 2.45) is 0 Å². The molecular formula is C22H27N2O+. The van der Waals surface area contributed by atoms with Gasteiger partial charge in [0.25, 0.3) is 0 Å². The van der Waals surface area contributed by atoms with Gasteiger partial charge in [-0.25, -0.2) is 0 Å². The number of aromatic nitrogens is 1. The molecule has 1 aliphatic rings. The highest BCUT2D eigenvalue weighted by molar-refractivity contribution is 6.05. The smallest absolute Gasteiger partial charge is 0.198 e. The van der Waals surface area contributed by atoms with Gasteiger partial charge in [0.05, 0.1) is 23.7 Å². The van der Waals surface area contributed by atoms with Gasteiger partial charge in [-0.15, -0.1) is 0 Å². The zero-order chi connectivity index (χ0) is 17.4. The van der Waals surface area contributed by atoms with Gasteiger partial charge in [-0.05, 0) is 44.1 Å². The molecule has 2 N–H and O–H groups in total. The minimum Gasteiger partial charge on any atom is -0.357 e. The summed E-state index contributed by atoms with van der Waals surface area (Å²) in [5.41, 5.74) is 3.19. The molecular weight excluding hydrogens is 308 g/mol. The lowest BCUT2D eigenvalue weighted by Gasteiger charge is -2.32. The summed E-state index contributed by atoms with van der Waals surface area (Å²) in [7, 11) is 0. The maximum absolute atomic E-state index is 13.2. The van der Waals surface area contributed by atoms with Crippen LogP contribution in [0.15, 0.2) is 41.2 Å². The molecule has 1 aromatic heterocycles. The Labute approximate surface area is 148 Å². The summed E-state index contributed by atoms with van der Waals surface area (Å²) in [6.45, 7) is 6.37. The van der Waals surface area contributed by atoms with Gasteiger partial charge in [0.15, 0.2) is 5.43 Å². The monoisotopic (exact) mass is 335 g/mol. The molecule has 2 heterocycles. The second-order valence-electron chi connectivity index (χ2n) is 7.45. The second-order valence-corrected chi connectivity index (χ2v) is 7.45. The van der Waals surface area contributed by atoms with Crippen molar-refractivity contribution in [1.29, 1.82) is 0 Å². The van der Waals surface area contributed by atoms with E-state index in [4.69, 9.17) is 0 Å². The summed E-state index contributed by atoms with van der Waals surface area (Å²) in [6, 6.07) is 13.0. The van der Waals surface area contributed by atoms with Crippen molar-refractivity contribution < 1.29 is 4.90 Å². The van der Waals surface area contributed by atoms with Gasteiger partial charge in [-0.3, -0.25) is 4.79 Å². The van der Waals surface area contributed by atoms with Crippen molar-refractivity contribution in [2.75, 3.05) is 6.54 Å². The lowest BCUT2D eigenvalue weighted by molar-refractivity contribution is -0.944. The number of hydrogen-bond donors (Lipinski definition) is 2. The quantitative estimate of drug-likeness (QED) is 0.708. The molecule has 1 saturated heterocycles. The Bertz CT molecular complexity index is 973. The number of H-pyrrole nitrogens is 1. The number of pyridine rings is 1. The Kier molecular flexibility index (Phi) is 4.34. The zero-order valence-electron chi connectivity index (χ0n) is 15.2. The molecule has 2 aromatic carbocycles. The first kappa shape index (κ1) is 16.3. The van der Waals surface area contributed by atoms with Crippen molar-refractivity contribution in [3.8, 4) is 0 Å². The van der Waals surface area contributed by atoms with E-state index in [0.717, 1.165) is 34.1 Å². The van der Waals surface area contributed by atoms with Crippen LogP contribution in [0, 0.1) is 6.92 Å². The van der Waals surface area contributed by atoms with E-state index in [1.165, 1.54) is 37.6 Å². The molecule has 2 unspecified atom stereocenters. The maximum Gasteiger partial charge on any atom is 0.198 e. The number of rotatable bonds is 3. The Morgan fingerprint density at radius 3 is 2.80 bits per heavy atom. The van der Waals surface area contributed by atoms with Crippen LogP contribution in [-0.2, 0) is 6.54 Å². The number of fused-ring (bicyclic) bond motifs is 3. The normalized spacial score (nSPS) is 21.0. The SMILES string of the molecule is CCC1CCCC[NH+]1Cc1c(C)[nH]c2c(ccc3ccccc32)c1=O. The molecule has 1 fully saturated rings. The Morgan fingerprint density at radius 1 is 1.12 bits per heavy atom. The third-order valence-electron chi connectivity index (χ3n) is 5.99. The number of piperidine rings is 1. The molecule has 0 spiro atoms. The molecule has 0 saturated carbocycles. The molecule has 0 bridgehead atoms. The van der Waals surface area contributed by atoms with E-state index < -0.39 is 0 Å². The third kappa shape index (κ3) is 2.87. The number of aromatic amines is 1. The highest BCUT2D eigenvalue weighted by atomic mass is 16.1. The van der Waals surface area contributed by atoms with Crippen molar-refractivity contribution in [2.45, 2.75) is 52.1 Å². The number of hydrogen-bond acceptors (Lipinski definition) is 1. The van der Waals surface area contributed by atoms with Crippen LogP contribution < -0.4 is 10.3 Å². The van der Waals surface area contributed by atoms with Gasteiger partial charge in [-0.1, -0.05) is 37.3 Å². The average molecular weight is 335 g/mol. The lowest BCUT2D eigenvalue weighted by atomic mass is 9.98. The van der Waals surface area contributed by atoms with Crippen LogP contribution in [0.3, 0.4) is 0 Å². The number of aryl methyl sites for hydroxylation is 1. The van der Waals surface area contributed by atoms with E-state index in [2.05, 4.69) is 37.0 Å². The standard InChI is InChI=1S/C22H26N2O/c1-3-17-9-6-7-13-24(17)14-20-15(2)23-21-18-10-5-4-8-16(18)11-12-19(21)22(20)25/h4-5,8,10-12,17H,3,6-7,9,13-14H2,1-2H3,(H,23,25)/p+1. The fourth-order valence-electron chi connectivity index (χ4n) is 4.51. The zero-order valence-corrected chi connectivity index (χ0v) is 15.2. The predicted molar refractivity (Wildman–Crippen MR) is 104 cm³/mol. The summed E-state index contributed by atoms with van der Waals surface area (Å²) in [6.07, 6.45) is 5.10. The van der Waals surface area contributed by atoms with Crippen LogP contribution in [0.5, 0.6) is 0 Å². The van der Waals surface area contributed by atoms with Gasteiger partial charge in [0.2, 0.25) is 0 Å². The summed E-state index contributed by atoms with van der Waals surface area (Å²) >= 11 is 0. The molecule has 3 aromatic rings. The topological polar surface area (TPSA) is 37.3 Å². The Balaban J connectivity index is 1.82. The summed E-state index contributed by atoms with van der Waals surface area (Å²) in [4.78, 5) is 18.4. The van der Waals surface area contributed by atoms with E-state index in [1.54, 1.807) is 4.90 Å². The van der Waals surface area contributed by atoms with Crippen molar-refractivity contribution >= 4 is 21.7 Å². The average Bonchev–Trinajstić information content (AvgIpc) is 2.65. The van der Waals surface area contributed by atoms with Gasteiger partial charge in [-0.2, -0.15) is 0 Å². The number of quaternary nitrogens is 1. The third-order valence-corrected chi connectivity index (χ3v) is 5.99. The van der Waals surface area contributed by atoms with Gasteiger partial charge >= 0.3 is 0 Å². The van der Waals surface area contributed by atoms with Gasteiger partial charge in [0, 0.05) is 16.5 Å². The second kappa shape index (κ2) is 6.64. The fraction of sp³-hybridized carbons (Fsp3) is 0.409. The van der Waals surface area contributed by atoms with E-state index in [-0.39, 0.29) is 5.43 Å². The van der Waals surface area contributed by atoms with Crippen molar-refractivity contribution in [3.63, 3.8) is 0 Å². The minimum absolute atomic E-state index is 0.213. The Hall–Kier alpha value is -2.13. The summed E-state index contributed by atoms with van der Waals surface area (Å²) < 4.78 is 0. The minimum atomic E-state index is 0.213. The van der Waals surface area contributed by atoms with Gasteiger partial charge < -0.3 is 9.88 Å². The van der Waals surface area contributed by atoms with Crippen LogP contribution in [-0.4, -0.2) is 17.6 Å². The largest absolute Gasteiger partial charge is 0.357 e. The van der Waals surface area contributed by atoms with Crippen molar-refractivity contribution in [1.82, 2.24) is 4.98 Å². The van der Waals surface area contributed by atoms with Crippen LogP contribution in [0.2, 0.25) is 0 Å². The highest BCUT2D eigenvalue weighted by Gasteiger charge is 2.26. The van der Waals surface area contributed by atoms with Crippen molar-refractivity contribution in [3.05, 3.63) is 57.9 Å². The van der Waals surface area contributed by atoms with E-state index in [0.29, 0.717) is 6.04 Å².